The van der Waals surface area contributed by atoms with Crippen molar-refractivity contribution in [2.45, 2.75) is 77.8 Å². The van der Waals surface area contributed by atoms with Gasteiger partial charge in [0.05, 0.1) is 24.0 Å². The lowest BCUT2D eigenvalue weighted by atomic mass is 9.89. The summed E-state index contributed by atoms with van der Waals surface area (Å²) in [5, 5.41) is 3.39. The average Bonchev–Trinajstić information content (AvgIpc) is 3.40. The second-order valence-electron chi connectivity index (χ2n) is 10.1. The number of H-pyrrole nitrogens is 1. The molecule has 168 valence electrons. The van der Waals surface area contributed by atoms with Crippen LogP contribution in [0.3, 0.4) is 0 Å². The van der Waals surface area contributed by atoms with Crippen molar-refractivity contribution in [3.05, 3.63) is 33.4 Å². The number of nitrogens with one attached hydrogen (secondary N) is 1. The van der Waals surface area contributed by atoms with Crippen LogP contribution in [0.5, 0.6) is 0 Å². The van der Waals surface area contributed by atoms with Gasteiger partial charge in [-0.3, -0.25) is 19.6 Å². The van der Waals surface area contributed by atoms with Crippen LogP contribution < -0.4 is 5.56 Å². The zero-order chi connectivity index (χ0) is 21.5. The normalized spacial score (nSPS) is 23.1. The minimum absolute atomic E-state index is 0.000256. The van der Waals surface area contributed by atoms with Crippen molar-refractivity contribution in [1.82, 2.24) is 24.4 Å². The maximum absolute atomic E-state index is 13.2. The van der Waals surface area contributed by atoms with Crippen LogP contribution in [-0.2, 0) is 17.8 Å². The van der Waals surface area contributed by atoms with Crippen LogP contribution in [0, 0.1) is 11.8 Å². The number of rotatable bonds is 4. The molecule has 1 unspecified atom stereocenters. The van der Waals surface area contributed by atoms with E-state index < -0.39 is 0 Å². The van der Waals surface area contributed by atoms with E-state index in [-0.39, 0.29) is 17.4 Å². The van der Waals surface area contributed by atoms with Gasteiger partial charge in [0.2, 0.25) is 5.91 Å². The van der Waals surface area contributed by atoms with Crippen molar-refractivity contribution >= 4 is 11.6 Å². The monoisotopic (exact) mass is 425 g/mol. The third-order valence-corrected chi connectivity index (χ3v) is 7.53. The molecular weight excluding hydrogens is 390 g/mol. The summed E-state index contributed by atoms with van der Waals surface area (Å²) in [6, 6.07) is 2.41. The maximum Gasteiger partial charge on any atom is 0.276 e. The third-order valence-electron chi connectivity index (χ3n) is 7.53. The molecule has 1 amide bonds. The van der Waals surface area contributed by atoms with Crippen molar-refractivity contribution in [1.29, 1.82) is 0 Å². The van der Waals surface area contributed by atoms with Gasteiger partial charge >= 0.3 is 0 Å². The largest absolute Gasteiger partial charge is 0.336 e. The first-order valence-electron chi connectivity index (χ1n) is 12.2. The summed E-state index contributed by atoms with van der Waals surface area (Å²) in [5.41, 5.74) is 3.31. The Bertz CT molecular complexity index is 1020. The van der Waals surface area contributed by atoms with Crippen LogP contribution >= 0.6 is 0 Å². The summed E-state index contributed by atoms with van der Waals surface area (Å²) in [6.45, 7) is 7.19. The van der Waals surface area contributed by atoms with Gasteiger partial charge in [-0.15, -0.1) is 0 Å². The number of likely N-dealkylation sites (tertiary alicyclic amines) is 1. The molecule has 7 nitrogen and oxygen atoms in total. The highest BCUT2D eigenvalue weighted by atomic mass is 16.2. The standard InChI is InChI=1S/C24H35N5O2/c1-16(2)23(30)28-12-10-18-20(15-28)25-22-13-19(26-29(22)24(18)31)21-9-6-11-27(21)14-17-7-4-3-5-8-17/h13,16-17,21,26H,3-12,14-15H2,1-2H3. The van der Waals surface area contributed by atoms with Crippen molar-refractivity contribution in [3.63, 3.8) is 0 Å². The highest BCUT2D eigenvalue weighted by Crippen LogP contribution is 2.34. The molecule has 1 atom stereocenters. The first kappa shape index (κ1) is 20.7. The van der Waals surface area contributed by atoms with Gasteiger partial charge in [-0.1, -0.05) is 33.1 Å². The van der Waals surface area contributed by atoms with Crippen molar-refractivity contribution in [2.75, 3.05) is 19.6 Å². The maximum atomic E-state index is 13.2. The zero-order valence-electron chi connectivity index (χ0n) is 18.9. The Morgan fingerprint density at radius 2 is 1.97 bits per heavy atom. The molecule has 0 spiro atoms. The number of fused-ring (bicyclic) bond motifs is 2. The Balaban J connectivity index is 1.41. The number of aromatic amines is 1. The molecule has 1 N–H and O–H groups in total. The minimum atomic E-state index is -0.0391. The van der Waals surface area contributed by atoms with Crippen LogP contribution in [0.1, 0.15) is 81.8 Å². The lowest BCUT2D eigenvalue weighted by Crippen LogP contribution is -2.41. The molecule has 1 saturated heterocycles. The van der Waals surface area contributed by atoms with E-state index in [2.05, 4.69) is 16.1 Å². The molecule has 0 aromatic carbocycles. The number of hydrogen-bond acceptors (Lipinski definition) is 4. The zero-order valence-corrected chi connectivity index (χ0v) is 18.9. The van der Waals surface area contributed by atoms with Gasteiger partial charge in [-0.05, 0) is 44.6 Å². The van der Waals surface area contributed by atoms with Crippen LogP contribution in [0.25, 0.3) is 5.65 Å². The summed E-state index contributed by atoms with van der Waals surface area (Å²) in [6.07, 6.45) is 9.76. The Labute approximate surface area is 183 Å². The molecule has 1 aliphatic carbocycles. The van der Waals surface area contributed by atoms with Crippen LogP contribution in [-0.4, -0.2) is 49.9 Å². The van der Waals surface area contributed by atoms with Crippen LogP contribution in [0.15, 0.2) is 10.9 Å². The number of aromatic nitrogens is 3. The molecule has 0 bridgehead atoms. The van der Waals surface area contributed by atoms with Crippen molar-refractivity contribution < 1.29 is 4.79 Å². The summed E-state index contributed by atoms with van der Waals surface area (Å²) in [7, 11) is 0. The van der Waals surface area contributed by atoms with E-state index in [9.17, 15) is 9.59 Å². The average molecular weight is 426 g/mol. The lowest BCUT2D eigenvalue weighted by Gasteiger charge is -2.30. The Kier molecular flexibility index (Phi) is 5.63. The molecule has 2 aliphatic heterocycles. The molecule has 2 aromatic rings. The van der Waals surface area contributed by atoms with Gasteiger partial charge in [0, 0.05) is 30.6 Å². The molecule has 2 fully saturated rings. The fourth-order valence-corrected chi connectivity index (χ4v) is 5.83. The van der Waals surface area contributed by atoms with Gasteiger partial charge in [0.15, 0.2) is 5.65 Å². The SMILES string of the molecule is CC(C)C(=O)N1CCc2c(nc3cc(C4CCCN4CC4CCCCC4)[nH]n3c2=O)C1. The molecule has 0 radical (unpaired) electrons. The number of hydrogen-bond donors (Lipinski definition) is 1. The van der Waals surface area contributed by atoms with E-state index in [1.165, 1.54) is 45.1 Å². The molecule has 4 heterocycles. The molecule has 3 aliphatic rings. The van der Waals surface area contributed by atoms with Gasteiger partial charge in [0.25, 0.3) is 5.56 Å². The highest BCUT2D eigenvalue weighted by molar-refractivity contribution is 5.78. The minimum Gasteiger partial charge on any atom is -0.336 e. The molecule has 1 saturated carbocycles. The Morgan fingerprint density at radius 1 is 1.16 bits per heavy atom. The smallest absolute Gasteiger partial charge is 0.276 e. The van der Waals surface area contributed by atoms with Crippen LogP contribution in [0.4, 0.5) is 0 Å². The third kappa shape index (κ3) is 3.93. The van der Waals surface area contributed by atoms with E-state index >= 15 is 0 Å². The Hall–Kier alpha value is -2.15. The summed E-state index contributed by atoms with van der Waals surface area (Å²) in [4.78, 5) is 34.9. The number of carbonyl (C=O) groups excluding carboxylic acids is 1. The molecular formula is C24H35N5O2. The van der Waals surface area contributed by atoms with E-state index in [1.54, 1.807) is 4.52 Å². The van der Waals surface area contributed by atoms with Gasteiger partial charge in [0.1, 0.15) is 0 Å². The quantitative estimate of drug-likeness (QED) is 0.816. The number of nitrogens with zero attached hydrogens (tertiary/aromatic N) is 4. The van der Waals surface area contributed by atoms with Gasteiger partial charge in [-0.2, -0.15) is 0 Å². The predicted octanol–water partition coefficient (Wildman–Crippen LogP) is 3.28. The first-order chi connectivity index (χ1) is 15.0. The fraction of sp³-hybridized carbons (Fsp3) is 0.708. The summed E-state index contributed by atoms with van der Waals surface area (Å²) < 4.78 is 1.63. The first-order valence-corrected chi connectivity index (χ1v) is 12.2. The summed E-state index contributed by atoms with van der Waals surface area (Å²) in [5.74, 6) is 0.908. The lowest BCUT2D eigenvalue weighted by molar-refractivity contribution is -0.135. The fourth-order valence-electron chi connectivity index (χ4n) is 5.83. The van der Waals surface area contributed by atoms with Gasteiger partial charge in [-0.25, -0.2) is 9.50 Å². The van der Waals surface area contributed by atoms with E-state index in [1.807, 2.05) is 18.7 Å². The van der Waals surface area contributed by atoms with Crippen molar-refractivity contribution in [2.24, 2.45) is 11.8 Å². The van der Waals surface area contributed by atoms with Crippen molar-refractivity contribution in [3.8, 4) is 0 Å². The number of carbonyl (C=O) groups is 1. The van der Waals surface area contributed by atoms with E-state index in [4.69, 9.17) is 4.98 Å². The summed E-state index contributed by atoms with van der Waals surface area (Å²) >= 11 is 0. The van der Waals surface area contributed by atoms with Crippen LogP contribution in [0.2, 0.25) is 0 Å². The molecule has 31 heavy (non-hydrogen) atoms. The molecule has 2 aromatic heterocycles. The van der Waals surface area contributed by atoms with E-state index in [0.29, 0.717) is 31.2 Å². The molecule has 5 rings (SSSR count). The second kappa shape index (κ2) is 8.41. The number of amides is 1. The van der Waals surface area contributed by atoms with Gasteiger partial charge < -0.3 is 4.90 Å². The highest BCUT2D eigenvalue weighted by Gasteiger charge is 2.31. The van der Waals surface area contributed by atoms with E-state index in [0.717, 1.165) is 35.8 Å². The molecule has 7 heteroatoms. The second-order valence-corrected chi connectivity index (χ2v) is 10.1. The topological polar surface area (TPSA) is 73.7 Å². The Morgan fingerprint density at radius 3 is 2.74 bits per heavy atom. The predicted molar refractivity (Wildman–Crippen MR) is 120 cm³/mol.